The molecule has 0 saturated carbocycles. The molecule has 4 heteroatoms. The van der Waals surface area contributed by atoms with Gasteiger partial charge in [0, 0.05) is 11.8 Å². The maximum Gasteiger partial charge on any atom is 0.251 e. The van der Waals surface area contributed by atoms with Gasteiger partial charge < -0.3 is 10.4 Å². The third-order valence-electron chi connectivity index (χ3n) is 1.21. The molecule has 11 heavy (non-hydrogen) atoms. The second kappa shape index (κ2) is 3.97. The van der Waals surface area contributed by atoms with E-state index < -0.39 is 5.60 Å². The Morgan fingerprint density at radius 2 is 2.18 bits per heavy atom. The van der Waals surface area contributed by atoms with Gasteiger partial charge >= 0.3 is 0 Å². The molecule has 0 spiro atoms. The normalized spacial score (nSPS) is 14.3. The Kier molecular flexibility index (Phi) is 3.89. The van der Waals surface area contributed by atoms with Gasteiger partial charge in [0.15, 0.2) is 0 Å². The number of hydrogen-bond acceptors (Lipinski definition) is 3. The van der Waals surface area contributed by atoms with Gasteiger partial charge in [0.25, 0.3) is 5.91 Å². The van der Waals surface area contributed by atoms with Gasteiger partial charge in [0.05, 0.1) is 0 Å². The highest BCUT2D eigenvalue weighted by atomic mass is 32.1. The Bertz CT molecular complexity index is 142. The van der Waals surface area contributed by atoms with Crippen LogP contribution in [0.5, 0.6) is 0 Å². The smallest absolute Gasteiger partial charge is 0.251 e. The summed E-state index contributed by atoms with van der Waals surface area (Å²) in [4.78, 5) is 11.0. The lowest BCUT2D eigenvalue weighted by Gasteiger charge is -2.19. The van der Waals surface area contributed by atoms with Crippen LogP contribution in [0.25, 0.3) is 0 Å². The SMILES string of the molecule is CC(CS)NC(=O)C(C)(C)O. The van der Waals surface area contributed by atoms with E-state index in [0.717, 1.165) is 0 Å². The molecule has 1 amide bonds. The first kappa shape index (κ1) is 10.8. The number of thiol groups is 1. The van der Waals surface area contributed by atoms with E-state index in [1.54, 1.807) is 0 Å². The number of rotatable bonds is 3. The lowest BCUT2D eigenvalue weighted by Crippen LogP contribution is -2.46. The van der Waals surface area contributed by atoms with E-state index in [0.29, 0.717) is 5.75 Å². The fourth-order valence-electron chi connectivity index (χ4n) is 0.446. The third-order valence-corrected chi connectivity index (χ3v) is 1.75. The fraction of sp³-hybridized carbons (Fsp3) is 0.857. The summed E-state index contributed by atoms with van der Waals surface area (Å²) in [5.74, 6) is 0.209. The number of nitrogens with one attached hydrogen (secondary N) is 1. The summed E-state index contributed by atoms with van der Waals surface area (Å²) in [5.41, 5.74) is -1.29. The van der Waals surface area contributed by atoms with Gasteiger partial charge in [-0.05, 0) is 20.8 Å². The summed E-state index contributed by atoms with van der Waals surface area (Å²) in [7, 11) is 0. The minimum absolute atomic E-state index is 0.00254. The Labute approximate surface area is 72.6 Å². The molecule has 66 valence electrons. The van der Waals surface area contributed by atoms with Crippen LogP contribution in [0.4, 0.5) is 0 Å². The molecule has 0 rings (SSSR count). The van der Waals surface area contributed by atoms with Crippen LogP contribution in [-0.4, -0.2) is 28.4 Å². The molecule has 2 N–H and O–H groups in total. The number of carbonyl (C=O) groups is 1. The maximum absolute atomic E-state index is 11.0. The molecule has 0 aliphatic carbocycles. The van der Waals surface area contributed by atoms with Gasteiger partial charge in [-0.1, -0.05) is 0 Å². The highest BCUT2D eigenvalue weighted by Crippen LogP contribution is 2.00. The predicted octanol–water partition coefficient (Wildman–Crippen LogP) is 0.192. The molecule has 0 radical (unpaired) electrons. The first-order chi connectivity index (χ1) is 4.88. The quantitative estimate of drug-likeness (QED) is 0.539. The fourth-order valence-corrected chi connectivity index (χ4v) is 0.537. The zero-order valence-corrected chi connectivity index (χ0v) is 7.98. The minimum atomic E-state index is -1.29. The van der Waals surface area contributed by atoms with Gasteiger partial charge in [-0.25, -0.2) is 0 Å². The van der Waals surface area contributed by atoms with Crippen LogP contribution in [0.3, 0.4) is 0 Å². The summed E-state index contributed by atoms with van der Waals surface area (Å²) in [6.07, 6.45) is 0. The highest BCUT2D eigenvalue weighted by Gasteiger charge is 2.24. The molecule has 0 bridgehead atoms. The van der Waals surface area contributed by atoms with E-state index >= 15 is 0 Å². The molecule has 0 fully saturated rings. The summed E-state index contributed by atoms with van der Waals surface area (Å²) in [5, 5.41) is 11.8. The van der Waals surface area contributed by atoms with E-state index in [9.17, 15) is 9.90 Å². The zero-order valence-electron chi connectivity index (χ0n) is 7.09. The molecule has 0 aliphatic heterocycles. The van der Waals surface area contributed by atoms with Crippen LogP contribution < -0.4 is 5.32 Å². The molecule has 0 aromatic rings. The number of amides is 1. The third kappa shape index (κ3) is 4.27. The largest absolute Gasteiger partial charge is 0.381 e. The zero-order chi connectivity index (χ0) is 9.07. The molecular weight excluding hydrogens is 162 g/mol. The van der Waals surface area contributed by atoms with Crippen LogP contribution in [0, 0.1) is 0 Å². The van der Waals surface area contributed by atoms with Crippen molar-refractivity contribution in [3.63, 3.8) is 0 Å². The minimum Gasteiger partial charge on any atom is -0.381 e. The summed E-state index contributed by atoms with van der Waals surface area (Å²) in [6, 6.07) is -0.00254. The van der Waals surface area contributed by atoms with Crippen molar-refractivity contribution in [2.75, 3.05) is 5.75 Å². The van der Waals surface area contributed by atoms with Gasteiger partial charge in [-0.2, -0.15) is 12.6 Å². The van der Waals surface area contributed by atoms with E-state index in [1.165, 1.54) is 13.8 Å². The molecular formula is C7H15NO2S. The number of hydrogen-bond donors (Lipinski definition) is 3. The Morgan fingerprint density at radius 1 is 1.73 bits per heavy atom. The van der Waals surface area contributed by atoms with Crippen molar-refractivity contribution >= 4 is 18.5 Å². The van der Waals surface area contributed by atoms with Crippen LogP contribution >= 0.6 is 12.6 Å². The van der Waals surface area contributed by atoms with E-state index in [4.69, 9.17) is 0 Å². The molecule has 1 unspecified atom stereocenters. The molecule has 0 aromatic carbocycles. The van der Waals surface area contributed by atoms with Crippen LogP contribution in [0.1, 0.15) is 20.8 Å². The van der Waals surface area contributed by atoms with Gasteiger partial charge in [0.1, 0.15) is 5.60 Å². The summed E-state index contributed by atoms with van der Waals surface area (Å²) in [6.45, 7) is 4.73. The van der Waals surface area contributed by atoms with Gasteiger partial charge in [-0.3, -0.25) is 4.79 Å². The first-order valence-corrected chi connectivity index (χ1v) is 4.15. The van der Waals surface area contributed by atoms with Crippen LogP contribution in [0.15, 0.2) is 0 Å². The molecule has 3 nitrogen and oxygen atoms in total. The lowest BCUT2D eigenvalue weighted by atomic mass is 10.1. The molecule has 1 atom stereocenters. The van der Waals surface area contributed by atoms with Crippen molar-refractivity contribution in [2.45, 2.75) is 32.4 Å². The topological polar surface area (TPSA) is 49.3 Å². The van der Waals surface area contributed by atoms with Crippen molar-refractivity contribution in [3.8, 4) is 0 Å². The molecule has 0 saturated heterocycles. The van der Waals surface area contributed by atoms with Gasteiger partial charge in [-0.15, -0.1) is 0 Å². The van der Waals surface area contributed by atoms with Crippen molar-refractivity contribution < 1.29 is 9.90 Å². The second-order valence-electron chi connectivity index (χ2n) is 3.12. The van der Waals surface area contributed by atoms with Crippen LogP contribution in [0.2, 0.25) is 0 Å². The molecule has 0 heterocycles. The Hall–Kier alpha value is -0.220. The van der Waals surface area contributed by atoms with Crippen molar-refractivity contribution in [1.29, 1.82) is 0 Å². The number of aliphatic hydroxyl groups is 1. The van der Waals surface area contributed by atoms with Crippen molar-refractivity contribution in [3.05, 3.63) is 0 Å². The van der Waals surface area contributed by atoms with E-state index in [1.807, 2.05) is 6.92 Å². The Balaban J connectivity index is 3.88. The second-order valence-corrected chi connectivity index (χ2v) is 3.48. The molecule has 0 aromatic heterocycles. The van der Waals surface area contributed by atoms with E-state index in [2.05, 4.69) is 17.9 Å². The maximum atomic E-state index is 11.0. The van der Waals surface area contributed by atoms with E-state index in [-0.39, 0.29) is 11.9 Å². The average Bonchev–Trinajstić information content (AvgIpc) is 1.85. The highest BCUT2D eigenvalue weighted by molar-refractivity contribution is 7.80. The first-order valence-electron chi connectivity index (χ1n) is 3.52. The predicted molar refractivity (Wildman–Crippen MR) is 47.8 cm³/mol. The Morgan fingerprint density at radius 3 is 2.45 bits per heavy atom. The average molecular weight is 177 g/mol. The summed E-state index contributed by atoms with van der Waals surface area (Å²) >= 11 is 3.99. The summed E-state index contributed by atoms with van der Waals surface area (Å²) < 4.78 is 0. The monoisotopic (exact) mass is 177 g/mol. The van der Waals surface area contributed by atoms with Crippen molar-refractivity contribution in [2.24, 2.45) is 0 Å². The van der Waals surface area contributed by atoms with Crippen LogP contribution in [-0.2, 0) is 4.79 Å². The number of carbonyl (C=O) groups excluding carboxylic acids is 1. The molecule has 0 aliphatic rings. The van der Waals surface area contributed by atoms with Crippen molar-refractivity contribution in [1.82, 2.24) is 5.32 Å². The standard InChI is InChI=1S/C7H15NO2S/c1-5(4-11)8-6(9)7(2,3)10/h5,10-11H,4H2,1-3H3,(H,8,9). The van der Waals surface area contributed by atoms with Gasteiger partial charge in [0.2, 0.25) is 0 Å². The lowest BCUT2D eigenvalue weighted by molar-refractivity contribution is -0.136.